The van der Waals surface area contributed by atoms with Gasteiger partial charge in [0.15, 0.2) is 11.6 Å². The number of aryl methyl sites for hydroxylation is 2. The standard InChI is InChI=1S/C25H25N9O2/c1-14-5-9-22(31-30-14)28-17-6-8-21-19(12-17)27-13-33(21)23-10-7-18(16(3)35)25(29-23)34-15(2)11-20(32-34)24(26)36-4/h5-13,16,26,35H,1-4H3,(H,28,31)/t16-/m0/s1. The molecule has 4 aromatic heterocycles. The van der Waals surface area contributed by atoms with Gasteiger partial charge in [-0.15, -0.1) is 5.10 Å². The van der Waals surface area contributed by atoms with Crippen LogP contribution in [0.4, 0.5) is 11.5 Å². The molecule has 0 radical (unpaired) electrons. The molecular weight excluding hydrogens is 458 g/mol. The highest BCUT2D eigenvalue weighted by Gasteiger charge is 2.19. The van der Waals surface area contributed by atoms with Crippen LogP contribution in [0, 0.1) is 19.3 Å². The Morgan fingerprint density at radius 3 is 2.64 bits per heavy atom. The average molecular weight is 484 g/mol. The molecule has 0 aliphatic rings. The van der Waals surface area contributed by atoms with Gasteiger partial charge in [0.1, 0.15) is 17.8 Å². The third-order valence-electron chi connectivity index (χ3n) is 5.73. The summed E-state index contributed by atoms with van der Waals surface area (Å²) < 4.78 is 8.50. The van der Waals surface area contributed by atoms with Crippen LogP contribution in [0.15, 0.2) is 54.9 Å². The van der Waals surface area contributed by atoms with Crippen molar-refractivity contribution in [3.8, 4) is 11.6 Å². The van der Waals surface area contributed by atoms with Gasteiger partial charge in [-0.05, 0) is 69.3 Å². The topological polar surface area (TPSA) is 140 Å². The maximum atomic E-state index is 10.4. The van der Waals surface area contributed by atoms with Crippen molar-refractivity contribution >= 4 is 28.4 Å². The number of imidazole rings is 1. The number of aliphatic hydroxyl groups is 1. The van der Waals surface area contributed by atoms with E-state index in [0.29, 0.717) is 28.7 Å². The van der Waals surface area contributed by atoms with E-state index in [4.69, 9.17) is 15.1 Å². The lowest BCUT2D eigenvalue weighted by atomic mass is 10.1. The van der Waals surface area contributed by atoms with Crippen molar-refractivity contribution in [2.24, 2.45) is 0 Å². The Kier molecular flexibility index (Phi) is 5.90. The number of benzene rings is 1. The summed E-state index contributed by atoms with van der Waals surface area (Å²) in [5.41, 5.74) is 5.06. The van der Waals surface area contributed by atoms with Gasteiger partial charge in [0.05, 0.1) is 29.9 Å². The molecule has 0 unspecified atom stereocenters. The quantitative estimate of drug-likeness (QED) is 0.245. The highest BCUT2D eigenvalue weighted by atomic mass is 16.5. The molecule has 1 aromatic carbocycles. The van der Waals surface area contributed by atoms with Gasteiger partial charge in [0.2, 0.25) is 5.90 Å². The SMILES string of the molecule is COC(=N)c1cc(C)n(-c2nc(-n3cnc4cc(Nc5ccc(C)nn5)ccc43)ccc2[C@H](C)O)n1. The summed E-state index contributed by atoms with van der Waals surface area (Å²) in [5, 5.41) is 34.3. The minimum absolute atomic E-state index is 0.0479. The summed E-state index contributed by atoms with van der Waals surface area (Å²) >= 11 is 0. The Morgan fingerprint density at radius 1 is 1.08 bits per heavy atom. The number of methoxy groups -OCH3 is 1. The van der Waals surface area contributed by atoms with Gasteiger partial charge in [-0.3, -0.25) is 9.98 Å². The number of nitrogens with zero attached hydrogens (tertiary/aromatic N) is 7. The van der Waals surface area contributed by atoms with Crippen LogP contribution in [0.5, 0.6) is 0 Å². The number of rotatable bonds is 6. The molecule has 36 heavy (non-hydrogen) atoms. The van der Waals surface area contributed by atoms with Crippen LogP contribution >= 0.6 is 0 Å². The van der Waals surface area contributed by atoms with E-state index in [1.165, 1.54) is 7.11 Å². The molecule has 1 atom stereocenters. The molecule has 0 spiro atoms. The molecule has 0 fully saturated rings. The number of pyridine rings is 1. The molecule has 11 nitrogen and oxygen atoms in total. The van der Waals surface area contributed by atoms with E-state index < -0.39 is 6.10 Å². The Morgan fingerprint density at radius 2 is 1.92 bits per heavy atom. The van der Waals surface area contributed by atoms with Crippen molar-refractivity contribution in [1.82, 2.24) is 34.5 Å². The molecule has 5 aromatic rings. The van der Waals surface area contributed by atoms with Gasteiger partial charge in [-0.2, -0.15) is 10.2 Å². The van der Waals surface area contributed by atoms with Crippen molar-refractivity contribution in [2.75, 3.05) is 12.4 Å². The van der Waals surface area contributed by atoms with E-state index in [2.05, 4.69) is 25.6 Å². The molecule has 0 aliphatic carbocycles. The smallest absolute Gasteiger partial charge is 0.234 e. The van der Waals surface area contributed by atoms with Crippen LogP contribution in [0.3, 0.4) is 0 Å². The number of aromatic nitrogens is 7. The fourth-order valence-electron chi connectivity index (χ4n) is 3.87. The lowest BCUT2D eigenvalue weighted by molar-refractivity contribution is 0.198. The van der Waals surface area contributed by atoms with Gasteiger partial charge < -0.3 is 15.2 Å². The van der Waals surface area contributed by atoms with Gasteiger partial charge in [0, 0.05) is 16.9 Å². The molecule has 0 bridgehead atoms. The predicted molar refractivity (Wildman–Crippen MR) is 135 cm³/mol. The lowest BCUT2D eigenvalue weighted by Gasteiger charge is -2.15. The fraction of sp³-hybridized carbons (Fsp3) is 0.200. The first kappa shape index (κ1) is 23.1. The Labute approximate surface area is 206 Å². The number of hydrogen-bond acceptors (Lipinski definition) is 9. The normalized spacial score (nSPS) is 12.0. The second-order valence-corrected chi connectivity index (χ2v) is 8.38. The third kappa shape index (κ3) is 4.27. The van der Waals surface area contributed by atoms with E-state index in [1.807, 2.05) is 60.9 Å². The van der Waals surface area contributed by atoms with Gasteiger partial charge in [0.25, 0.3) is 0 Å². The highest BCUT2D eigenvalue weighted by Crippen LogP contribution is 2.26. The predicted octanol–water partition coefficient (Wildman–Crippen LogP) is 3.78. The van der Waals surface area contributed by atoms with Crippen molar-refractivity contribution < 1.29 is 9.84 Å². The molecular formula is C25H25N9O2. The van der Waals surface area contributed by atoms with E-state index in [0.717, 1.165) is 28.1 Å². The van der Waals surface area contributed by atoms with Crippen LogP contribution in [0.25, 0.3) is 22.7 Å². The lowest BCUT2D eigenvalue weighted by Crippen LogP contribution is -2.11. The summed E-state index contributed by atoms with van der Waals surface area (Å²) in [6, 6.07) is 15.0. The molecule has 4 heterocycles. The van der Waals surface area contributed by atoms with Crippen LogP contribution in [0.2, 0.25) is 0 Å². The first-order valence-electron chi connectivity index (χ1n) is 11.3. The van der Waals surface area contributed by atoms with Crippen LogP contribution in [0.1, 0.15) is 35.7 Å². The largest absolute Gasteiger partial charge is 0.480 e. The van der Waals surface area contributed by atoms with Gasteiger partial charge >= 0.3 is 0 Å². The Bertz CT molecular complexity index is 1570. The summed E-state index contributed by atoms with van der Waals surface area (Å²) in [6.07, 6.45) is 0.935. The van der Waals surface area contributed by atoms with Crippen LogP contribution in [-0.4, -0.2) is 52.6 Å². The first-order chi connectivity index (χ1) is 17.3. The van der Waals surface area contributed by atoms with E-state index in [9.17, 15) is 5.11 Å². The summed E-state index contributed by atoms with van der Waals surface area (Å²) in [7, 11) is 1.43. The van der Waals surface area contributed by atoms with E-state index >= 15 is 0 Å². The number of ether oxygens (including phenoxy) is 1. The van der Waals surface area contributed by atoms with E-state index in [-0.39, 0.29) is 5.90 Å². The third-order valence-corrected chi connectivity index (χ3v) is 5.73. The Hall–Kier alpha value is -4.64. The second-order valence-electron chi connectivity index (χ2n) is 8.38. The van der Waals surface area contributed by atoms with Crippen molar-refractivity contribution in [3.05, 3.63) is 77.5 Å². The van der Waals surface area contributed by atoms with Gasteiger partial charge in [-0.25, -0.2) is 14.6 Å². The fourth-order valence-corrected chi connectivity index (χ4v) is 3.87. The first-order valence-corrected chi connectivity index (χ1v) is 11.3. The minimum Gasteiger partial charge on any atom is -0.480 e. The summed E-state index contributed by atoms with van der Waals surface area (Å²) in [5.74, 6) is 1.68. The van der Waals surface area contributed by atoms with Crippen molar-refractivity contribution in [2.45, 2.75) is 26.9 Å². The number of hydrogen-bond donors (Lipinski definition) is 3. The molecule has 0 saturated heterocycles. The van der Waals surface area contributed by atoms with Crippen LogP contribution < -0.4 is 5.32 Å². The second kappa shape index (κ2) is 9.19. The maximum absolute atomic E-state index is 10.4. The summed E-state index contributed by atoms with van der Waals surface area (Å²) in [6.45, 7) is 5.43. The highest BCUT2D eigenvalue weighted by molar-refractivity contribution is 5.89. The zero-order valence-electron chi connectivity index (χ0n) is 20.3. The van der Waals surface area contributed by atoms with Gasteiger partial charge in [-0.1, -0.05) is 0 Å². The average Bonchev–Trinajstić information content (AvgIpc) is 3.47. The van der Waals surface area contributed by atoms with Crippen LogP contribution in [-0.2, 0) is 4.74 Å². The Balaban J connectivity index is 1.54. The molecule has 0 saturated carbocycles. The number of fused-ring (bicyclic) bond motifs is 1. The van der Waals surface area contributed by atoms with Crippen molar-refractivity contribution in [1.29, 1.82) is 5.41 Å². The molecule has 5 rings (SSSR count). The minimum atomic E-state index is -0.770. The monoisotopic (exact) mass is 483 g/mol. The molecule has 3 N–H and O–H groups in total. The zero-order valence-corrected chi connectivity index (χ0v) is 20.3. The molecule has 182 valence electrons. The number of nitrogens with one attached hydrogen (secondary N) is 2. The zero-order chi connectivity index (χ0) is 25.4. The number of anilines is 2. The maximum Gasteiger partial charge on any atom is 0.234 e. The molecule has 0 aliphatic heterocycles. The van der Waals surface area contributed by atoms with Crippen molar-refractivity contribution in [3.63, 3.8) is 0 Å². The molecule has 11 heteroatoms. The summed E-state index contributed by atoms with van der Waals surface area (Å²) in [4.78, 5) is 9.39. The molecule has 0 amide bonds. The van der Waals surface area contributed by atoms with E-state index in [1.54, 1.807) is 24.0 Å². The number of aliphatic hydroxyl groups excluding tert-OH is 1.